The molecule has 2 N–H and O–H groups in total. The third-order valence-electron chi connectivity index (χ3n) is 5.72. The van der Waals surface area contributed by atoms with Crippen LogP contribution in [0.4, 0.5) is 11.4 Å². The van der Waals surface area contributed by atoms with Gasteiger partial charge in [0.2, 0.25) is 10.0 Å². The number of nitrogens with zero attached hydrogens (tertiary/aromatic N) is 3. The third kappa shape index (κ3) is 5.42. The van der Waals surface area contributed by atoms with E-state index in [9.17, 15) is 13.2 Å². The maximum atomic E-state index is 13.0. The molecule has 2 heterocycles. The Bertz CT molecular complexity index is 1270. The molecule has 0 radical (unpaired) electrons. The number of rotatable bonds is 7. The van der Waals surface area contributed by atoms with E-state index in [0.29, 0.717) is 23.4 Å². The van der Waals surface area contributed by atoms with Gasteiger partial charge in [0.05, 0.1) is 5.75 Å². The molecule has 2 aromatic carbocycles. The number of anilines is 2. The van der Waals surface area contributed by atoms with Crippen molar-refractivity contribution in [2.75, 3.05) is 15.8 Å². The van der Waals surface area contributed by atoms with Crippen LogP contribution in [0.2, 0.25) is 0 Å². The molecule has 0 unspecified atom stereocenters. The van der Waals surface area contributed by atoms with Crippen molar-refractivity contribution >= 4 is 27.3 Å². The van der Waals surface area contributed by atoms with Gasteiger partial charge in [-0.3, -0.25) is 9.52 Å². The number of amides is 1. The first-order chi connectivity index (χ1) is 15.9. The second kappa shape index (κ2) is 9.74. The van der Waals surface area contributed by atoms with Crippen LogP contribution in [0, 0.1) is 6.92 Å². The summed E-state index contributed by atoms with van der Waals surface area (Å²) in [5.74, 6) is 1.54. The lowest BCUT2D eigenvalue weighted by atomic mass is 10.1. The predicted octanol–water partition coefficient (Wildman–Crippen LogP) is 4.38. The number of carbonyl (C=O) groups is 1. The lowest BCUT2D eigenvalue weighted by Gasteiger charge is -2.13. The molecular weight excluding hydrogens is 438 g/mol. The molecule has 33 heavy (non-hydrogen) atoms. The normalized spacial score (nSPS) is 13.8. The Hall–Kier alpha value is -3.20. The van der Waals surface area contributed by atoms with Crippen molar-refractivity contribution < 1.29 is 13.2 Å². The van der Waals surface area contributed by atoms with Crippen molar-refractivity contribution in [3.63, 3.8) is 0 Å². The number of hydrogen-bond acceptors (Lipinski definition) is 5. The maximum Gasteiger partial charge on any atom is 0.255 e. The van der Waals surface area contributed by atoms with Crippen LogP contribution in [0.25, 0.3) is 11.4 Å². The number of fused-ring (bicyclic) bond motifs is 1. The van der Waals surface area contributed by atoms with Gasteiger partial charge in [-0.2, -0.15) is 0 Å². The number of aromatic nitrogens is 3. The van der Waals surface area contributed by atoms with E-state index < -0.39 is 10.0 Å². The van der Waals surface area contributed by atoms with Gasteiger partial charge < -0.3 is 9.88 Å². The first kappa shape index (κ1) is 23.0. The van der Waals surface area contributed by atoms with Gasteiger partial charge in [0.1, 0.15) is 5.82 Å². The number of nitrogens with one attached hydrogen (secondary N) is 2. The topological polar surface area (TPSA) is 106 Å². The summed E-state index contributed by atoms with van der Waals surface area (Å²) in [4.78, 5) is 13.0. The Morgan fingerprint density at radius 1 is 1.09 bits per heavy atom. The molecule has 0 atom stereocenters. The summed E-state index contributed by atoms with van der Waals surface area (Å²) in [6.45, 7) is 4.63. The zero-order valence-electron chi connectivity index (χ0n) is 19.0. The molecule has 0 fully saturated rings. The quantitative estimate of drug-likeness (QED) is 0.536. The van der Waals surface area contributed by atoms with E-state index in [1.54, 1.807) is 31.2 Å². The van der Waals surface area contributed by atoms with Gasteiger partial charge in [-0.25, -0.2) is 8.42 Å². The Kier molecular flexibility index (Phi) is 6.78. The largest absolute Gasteiger partial charge is 0.322 e. The fourth-order valence-electron chi connectivity index (χ4n) is 4.01. The fourth-order valence-corrected chi connectivity index (χ4v) is 5.14. The molecule has 1 amide bonds. The van der Waals surface area contributed by atoms with Crippen LogP contribution in [-0.2, 0) is 23.0 Å². The zero-order chi connectivity index (χ0) is 23.4. The van der Waals surface area contributed by atoms with Crippen LogP contribution in [-0.4, -0.2) is 34.8 Å². The second-order valence-corrected chi connectivity index (χ2v) is 10.2. The highest BCUT2D eigenvalue weighted by molar-refractivity contribution is 7.92. The lowest BCUT2D eigenvalue weighted by molar-refractivity contribution is 0.102. The molecule has 9 heteroatoms. The van der Waals surface area contributed by atoms with Crippen molar-refractivity contribution in [2.45, 2.75) is 52.5 Å². The van der Waals surface area contributed by atoms with Gasteiger partial charge in [0, 0.05) is 35.5 Å². The van der Waals surface area contributed by atoms with Gasteiger partial charge in [0.15, 0.2) is 5.82 Å². The molecule has 1 aromatic heterocycles. The standard InChI is InChI=1S/C24H29N5O3S/c1-3-14-33(31,32)28-20-9-7-8-19(15-20)24(30)25-21-16-18(12-11-17(21)2)23-27-26-22-10-5-4-6-13-29(22)23/h7-9,11-12,15-16,28H,3-6,10,13-14H2,1-2H3,(H,25,30). The Labute approximate surface area is 194 Å². The zero-order valence-corrected chi connectivity index (χ0v) is 19.8. The summed E-state index contributed by atoms with van der Waals surface area (Å²) in [6, 6.07) is 12.4. The molecule has 0 aliphatic carbocycles. The average molecular weight is 468 g/mol. The van der Waals surface area contributed by atoms with Gasteiger partial charge >= 0.3 is 0 Å². The Balaban J connectivity index is 1.56. The molecular formula is C24H29N5O3S. The molecule has 0 saturated carbocycles. The number of sulfonamides is 1. The summed E-state index contributed by atoms with van der Waals surface area (Å²) < 4.78 is 28.8. The molecule has 3 aromatic rings. The Morgan fingerprint density at radius 3 is 2.76 bits per heavy atom. The van der Waals surface area contributed by atoms with E-state index in [1.807, 2.05) is 25.1 Å². The number of aryl methyl sites for hydroxylation is 2. The third-order valence-corrected chi connectivity index (χ3v) is 7.22. The minimum absolute atomic E-state index is 0.0295. The molecule has 1 aliphatic rings. The van der Waals surface area contributed by atoms with Crippen molar-refractivity contribution in [1.29, 1.82) is 0 Å². The van der Waals surface area contributed by atoms with Crippen LogP contribution in [0.3, 0.4) is 0 Å². The summed E-state index contributed by atoms with van der Waals surface area (Å²) in [5, 5.41) is 11.8. The molecule has 4 rings (SSSR count). The van der Waals surface area contributed by atoms with Crippen LogP contribution >= 0.6 is 0 Å². The Morgan fingerprint density at radius 2 is 1.94 bits per heavy atom. The van der Waals surface area contributed by atoms with E-state index >= 15 is 0 Å². The average Bonchev–Trinajstić information content (AvgIpc) is 3.03. The number of hydrogen-bond donors (Lipinski definition) is 2. The van der Waals surface area contributed by atoms with E-state index in [1.165, 1.54) is 6.42 Å². The lowest BCUT2D eigenvalue weighted by Crippen LogP contribution is -2.17. The van der Waals surface area contributed by atoms with Gasteiger partial charge in [-0.1, -0.05) is 31.5 Å². The van der Waals surface area contributed by atoms with Crippen LogP contribution in [0.5, 0.6) is 0 Å². The molecule has 1 aliphatic heterocycles. The van der Waals surface area contributed by atoms with Crippen LogP contribution in [0.15, 0.2) is 42.5 Å². The van der Waals surface area contributed by atoms with Gasteiger partial charge in [-0.15, -0.1) is 10.2 Å². The predicted molar refractivity (Wildman–Crippen MR) is 130 cm³/mol. The van der Waals surface area contributed by atoms with E-state index in [2.05, 4.69) is 24.8 Å². The molecule has 0 bridgehead atoms. The highest BCUT2D eigenvalue weighted by Gasteiger charge is 2.18. The van der Waals surface area contributed by atoms with Crippen molar-refractivity contribution in [2.24, 2.45) is 0 Å². The summed E-state index contributed by atoms with van der Waals surface area (Å²) in [5.41, 5.74) is 3.24. The van der Waals surface area contributed by atoms with E-state index in [0.717, 1.165) is 48.6 Å². The summed E-state index contributed by atoms with van der Waals surface area (Å²) in [6.07, 6.45) is 4.86. The van der Waals surface area contributed by atoms with Crippen molar-refractivity contribution in [1.82, 2.24) is 14.8 Å². The van der Waals surface area contributed by atoms with Gasteiger partial charge in [0.25, 0.3) is 5.91 Å². The smallest absolute Gasteiger partial charge is 0.255 e. The summed E-state index contributed by atoms with van der Waals surface area (Å²) in [7, 11) is -3.43. The van der Waals surface area contributed by atoms with E-state index in [-0.39, 0.29) is 11.7 Å². The first-order valence-corrected chi connectivity index (χ1v) is 13.0. The monoisotopic (exact) mass is 467 g/mol. The number of carbonyl (C=O) groups excluding carboxylic acids is 1. The SMILES string of the molecule is CCCS(=O)(=O)Nc1cccc(C(=O)Nc2cc(-c3nnc4n3CCCCC4)ccc2C)c1. The first-order valence-electron chi connectivity index (χ1n) is 11.3. The van der Waals surface area contributed by atoms with E-state index in [4.69, 9.17) is 0 Å². The maximum absolute atomic E-state index is 13.0. The fraction of sp³-hybridized carbons (Fsp3) is 0.375. The van der Waals surface area contributed by atoms with Crippen molar-refractivity contribution in [3.05, 3.63) is 59.4 Å². The minimum Gasteiger partial charge on any atom is -0.322 e. The highest BCUT2D eigenvalue weighted by Crippen LogP contribution is 2.27. The molecule has 174 valence electrons. The molecule has 0 saturated heterocycles. The minimum atomic E-state index is -3.43. The van der Waals surface area contributed by atoms with Crippen LogP contribution < -0.4 is 10.0 Å². The number of benzene rings is 2. The summed E-state index contributed by atoms with van der Waals surface area (Å²) >= 11 is 0. The van der Waals surface area contributed by atoms with Crippen molar-refractivity contribution in [3.8, 4) is 11.4 Å². The highest BCUT2D eigenvalue weighted by atomic mass is 32.2. The van der Waals surface area contributed by atoms with Crippen LogP contribution in [0.1, 0.15) is 54.4 Å². The second-order valence-electron chi connectivity index (χ2n) is 8.39. The molecule has 0 spiro atoms. The van der Waals surface area contributed by atoms with Gasteiger partial charge in [-0.05, 0) is 56.0 Å². The molecule has 8 nitrogen and oxygen atoms in total.